The first-order chi connectivity index (χ1) is 16.5. The highest BCUT2D eigenvalue weighted by Gasteiger charge is 2.29. The summed E-state index contributed by atoms with van der Waals surface area (Å²) in [5.74, 6) is 0.618. The molecule has 0 radical (unpaired) electrons. The van der Waals surface area contributed by atoms with Crippen LogP contribution in [-0.4, -0.2) is 37.5 Å². The van der Waals surface area contributed by atoms with Crippen LogP contribution >= 0.6 is 11.8 Å². The van der Waals surface area contributed by atoms with E-state index in [1.807, 2.05) is 36.4 Å². The summed E-state index contributed by atoms with van der Waals surface area (Å²) in [5.41, 5.74) is 4.92. The van der Waals surface area contributed by atoms with Gasteiger partial charge in [0.2, 0.25) is 5.91 Å². The van der Waals surface area contributed by atoms with E-state index in [1.165, 1.54) is 22.9 Å². The number of aromatic nitrogens is 4. The molecule has 0 bridgehead atoms. The Kier molecular flexibility index (Phi) is 6.24. The van der Waals surface area contributed by atoms with Gasteiger partial charge in [-0.15, -0.1) is 0 Å². The van der Waals surface area contributed by atoms with Crippen molar-refractivity contribution in [2.24, 2.45) is 0 Å². The summed E-state index contributed by atoms with van der Waals surface area (Å²) in [6.07, 6.45) is 3.65. The molecular weight excluding hydrogens is 446 g/mol. The molecule has 1 unspecified atom stereocenters. The molecular formula is C26H27N5O2S. The highest BCUT2D eigenvalue weighted by molar-refractivity contribution is 7.99. The lowest BCUT2D eigenvalue weighted by molar-refractivity contribution is -0.121. The van der Waals surface area contributed by atoms with Gasteiger partial charge in [0.1, 0.15) is 5.39 Å². The first-order valence-electron chi connectivity index (χ1n) is 11.5. The van der Waals surface area contributed by atoms with Gasteiger partial charge in [-0.3, -0.25) is 14.2 Å². The number of thioether (sulfide) groups is 1. The molecule has 2 aromatic heterocycles. The van der Waals surface area contributed by atoms with Crippen molar-refractivity contribution in [3.63, 3.8) is 0 Å². The smallest absolute Gasteiger partial charge is 0.265 e. The van der Waals surface area contributed by atoms with Crippen molar-refractivity contribution in [1.29, 1.82) is 0 Å². The predicted molar refractivity (Wildman–Crippen MR) is 135 cm³/mol. The number of hydrogen-bond donors (Lipinski definition) is 1. The Morgan fingerprint density at radius 3 is 2.76 bits per heavy atom. The zero-order valence-corrected chi connectivity index (χ0v) is 20.1. The third kappa shape index (κ3) is 4.37. The first-order valence-corrected chi connectivity index (χ1v) is 12.5. The van der Waals surface area contributed by atoms with Gasteiger partial charge in [-0.2, -0.15) is 5.10 Å². The topological polar surface area (TPSA) is 81.8 Å². The van der Waals surface area contributed by atoms with Crippen LogP contribution < -0.4 is 10.9 Å². The summed E-state index contributed by atoms with van der Waals surface area (Å²) in [5, 5.41) is 8.57. The van der Waals surface area contributed by atoms with Crippen molar-refractivity contribution in [2.45, 2.75) is 44.3 Å². The Hall–Kier alpha value is -3.39. The molecule has 0 spiro atoms. The van der Waals surface area contributed by atoms with Crippen LogP contribution in [0, 0.1) is 13.8 Å². The van der Waals surface area contributed by atoms with Gasteiger partial charge in [-0.25, -0.2) is 9.67 Å². The Labute approximate surface area is 202 Å². The van der Waals surface area contributed by atoms with E-state index in [2.05, 4.69) is 36.4 Å². The molecule has 1 N–H and O–H groups in total. The predicted octanol–water partition coefficient (Wildman–Crippen LogP) is 3.98. The molecule has 34 heavy (non-hydrogen) atoms. The van der Waals surface area contributed by atoms with Crippen molar-refractivity contribution >= 4 is 28.7 Å². The summed E-state index contributed by atoms with van der Waals surface area (Å²) in [7, 11) is 0. The Balaban J connectivity index is 1.29. The van der Waals surface area contributed by atoms with E-state index in [0.29, 0.717) is 28.5 Å². The third-order valence-electron chi connectivity index (χ3n) is 6.33. The van der Waals surface area contributed by atoms with Crippen LogP contribution in [0.2, 0.25) is 0 Å². The van der Waals surface area contributed by atoms with Crippen molar-refractivity contribution in [3.8, 4) is 5.69 Å². The highest BCUT2D eigenvalue weighted by Crippen LogP contribution is 2.33. The minimum atomic E-state index is -0.205. The maximum atomic E-state index is 13.3. The normalized spacial score (nSPS) is 14.9. The molecule has 0 saturated carbocycles. The molecule has 3 heterocycles. The van der Waals surface area contributed by atoms with Gasteiger partial charge in [0.05, 0.1) is 17.9 Å². The van der Waals surface area contributed by atoms with Crippen molar-refractivity contribution in [3.05, 3.63) is 81.8 Å². The number of carbonyl (C=O) groups is 1. The Morgan fingerprint density at radius 1 is 1.15 bits per heavy atom. The van der Waals surface area contributed by atoms with Gasteiger partial charge in [-0.1, -0.05) is 48.2 Å². The summed E-state index contributed by atoms with van der Waals surface area (Å²) < 4.78 is 3.39. The van der Waals surface area contributed by atoms with E-state index in [0.717, 1.165) is 24.1 Å². The van der Waals surface area contributed by atoms with Gasteiger partial charge in [0.25, 0.3) is 5.56 Å². The molecule has 1 amide bonds. The van der Waals surface area contributed by atoms with Gasteiger partial charge < -0.3 is 5.32 Å². The number of amides is 1. The van der Waals surface area contributed by atoms with E-state index < -0.39 is 0 Å². The molecule has 5 rings (SSSR count). The number of aryl methyl sites for hydroxylation is 3. The molecule has 0 aliphatic carbocycles. The number of nitrogens with zero attached hydrogens (tertiary/aromatic N) is 4. The van der Waals surface area contributed by atoms with Crippen LogP contribution in [-0.2, 0) is 11.2 Å². The molecule has 174 valence electrons. The summed E-state index contributed by atoms with van der Waals surface area (Å²) in [6.45, 7) is 4.74. The number of nitrogens with one attached hydrogen (secondary N) is 1. The maximum absolute atomic E-state index is 13.3. The molecule has 7 nitrogen and oxygen atoms in total. The molecule has 1 aliphatic heterocycles. The average Bonchev–Trinajstić information content (AvgIpc) is 3.44. The SMILES string of the molecule is Cc1ccc(-n2ncc3c(=O)n4c(nc32)SCC4CC(=O)NCCCc2ccccc2)cc1C. The fraction of sp³-hybridized carbons (Fsp3) is 0.308. The van der Waals surface area contributed by atoms with E-state index in [-0.39, 0.29) is 23.9 Å². The lowest BCUT2D eigenvalue weighted by atomic mass is 10.1. The van der Waals surface area contributed by atoms with E-state index in [1.54, 1.807) is 15.4 Å². The summed E-state index contributed by atoms with van der Waals surface area (Å²) in [6, 6.07) is 16.1. The number of carbonyl (C=O) groups excluding carboxylic acids is 1. The fourth-order valence-corrected chi connectivity index (χ4v) is 5.41. The molecule has 1 aliphatic rings. The number of rotatable bonds is 7. The van der Waals surface area contributed by atoms with Crippen molar-refractivity contribution in [1.82, 2.24) is 24.6 Å². The minimum Gasteiger partial charge on any atom is -0.356 e. The molecule has 1 atom stereocenters. The van der Waals surface area contributed by atoms with Crippen molar-refractivity contribution < 1.29 is 4.79 Å². The monoisotopic (exact) mass is 473 g/mol. The van der Waals surface area contributed by atoms with E-state index in [9.17, 15) is 9.59 Å². The number of hydrogen-bond acceptors (Lipinski definition) is 5. The van der Waals surface area contributed by atoms with Gasteiger partial charge >= 0.3 is 0 Å². The lowest BCUT2D eigenvalue weighted by Gasteiger charge is -2.13. The van der Waals surface area contributed by atoms with Crippen LogP contribution in [0.15, 0.2) is 64.7 Å². The van der Waals surface area contributed by atoms with Crippen LogP contribution in [0.4, 0.5) is 0 Å². The second-order valence-corrected chi connectivity index (χ2v) is 9.73. The van der Waals surface area contributed by atoms with Crippen LogP contribution in [0.5, 0.6) is 0 Å². The quantitative estimate of drug-likeness (QED) is 0.324. The Morgan fingerprint density at radius 2 is 1.97 bits per heavy atom. The van der Waals surface area contributed by atoms with Gasteiger partial charge in [-0.05, 0) is 55.5 Å². The molecule has 0 saturated heterocycles. The highest BCUT2D eigenvalue weighted by atomic mass is 32.2. The van der Waals surface area contributed by atoms with Gasteiger partial charge in [0, 0.05) is 18.7 Å². The van der Waals surface area contributed by atoms with E-state index >= 15 is 0 Å². The largest absolute Gasteiger partial charge is 0.356 e. The minimum absolute atomic E-state index is 0.0377. The Bertz CT molecular complexity index is 1410. The van der Waals surface area contributed by atoms with Crippen LogP contribution in [0.25, 0.3) is 16.7 Å². The molecule has 4 aromatic rings. The standard InChI is InChI=1S/C26H27N5O2S/c1-17-10-11-20(13-18(17)2)31-24-22(15-28-31)25(33)30-21(16-34-26(30)29-24)14-23(32)27-12-6-9-19-7-4-3-5-8-19/h3-5,7-8,10-11,13,15,21H,6,9,12,14,16H2,1-2H3,(H,27,32). The summed E-state index contributed by atoms with van der Waals surface area (Å²) in [4.78, 5) is 30.7. The molecule has 0 fully saturated rings. The number of benzene rings is 2. The molecule has 2 aromatic carbocycles. The first kappa shape index (κ1) is 22.4. The van der Waals surface area contributed by atoms with Crippen LogP contribution in [0.3, 0.4) is 0 Å². The number of fused-ring (bicyclic) bond motifs is 2. The lowest BCUT2D eigenvalue weighted by Crippen LogP contribution is -2.31. The second-order valence-electron chi connectivity index (χ2n) is 8.74. The third-order valence-corrected chi connectivity index (χ3v) is 7.43. The van der Waals surface area contributed by atoms with E-state index in [4.69, 9.17) is 4.98 Å². The van der Waals surface area contributed by atoms with Gasteiger partial charge in [0.15, 0.2) is 10.8 Å². The zero-order chi connectivity index (χ0) is 23.7. The fourth-order valence-electron chi connectivity index (χ4n) is 4.28. The van der Waals surface area contributed by atoms with Crippen molar-refractivity contribution in [2.75, 3.05) is 12.3 Å². The second kappa shape index (κ2) is 9.46. The van der Waals surface area contributed by atoms with Crippen LogP contribution in [0.1, 0.15) is 35.6 Å². The maximum Gasteiger partial charge on any atom is 0.265 e. The average molecular weight is 474 g/mol. The summed E-state index contributed by atoms with van der Waals surface area (Å²) >= 11 is 1.52. The molecule has 8 heteroatoms. The zero-order valence-electron chi connectivity index (χ0n) is 19.3.